The molecule has 0 bridgehead atoms. The number of hydrogen-bond acceptors (Lipinski definition) is 8. The maximum absolute atomic E-state index is 15.2. The van der Waals surface area contributed by atoms with Crippen LogP contribution in [0.2, 0.25) is 0 Å². The number of ether oxygens (including phenoxy) is 1. The number of ketones is 1. The smallest absolute Gasteiger partial charge is 0.301 e. The van der Waals surface area contributed by atoms with Crippen LogP contribution >= 0.6 is 23.1 Å². The Kier molecular flexibility index (Phi) is 6.85. The predicted octanol–water partition coefficient (Wildman–Crippen LogP) is 6.06. The van der Waals surface area contributed by atoms with E-state index in [2.05, 4.69) is 10.2 Å². The molecule has 1 amide bonds. The van der Waals surface area contributed by atoms with Crippen LogP contribution in [0.15, 0.2) is 76.6 Å². The number of fused-ring (bicyclic) bond motifs is 1. The Bertz CT molecular complexity index is 1670. The highest BCUT2D eigenvalue weighted by molar-refractivity contribution is 8.00. The fourth-order valence-corrected chi connectivity index (χ4v) is 6.65. The molecule has 1 fully saturated rings. The van der Waals surface area contributed by atoms with Gasteiger partial charge in [-0.15, -0.1) is 10.2 Å². The summed E-state index contributed by atoms with van der Waals surface area (Å²) in [7, 11) is 0. The van der Waals surface area contributed by atoms with Gasteiger partial charge in [-0.25, -0.2) is 8.78 Å². The second kappa shape index (κ2) is 10.5. The third-order valence-electron chi connectivity index (χ3n) is 6.69. The lowest BCUT2D eigenvalue weighted by molar-refractivity contribution is -0.132. The average molecular weight is 578 g/mol. The van der Waals surface area contributed by atoms with E-state index in [1.54, 1.807) is 36.4 Å². The van der Waals surface area contributed by atoms with E-state index in [4.69, 9.17) is 4.74 Å². The Morgan fingerprint density at radius 3 is 2.65 bits per heavy atom. The molecule has 1 saturated heterocycles. The van der Waals surface area contributed by atoms with Crippen molar-refractivity contribution in [3.8, 4) is 5.75 Å². The van der Waals surface area contributed by atoms with Crippen molar-refractivity contribution in [1.82, 2.24) is 10.2 Å². The highest BCUT2D eigenvalue weighted by Crippen LogP contribution is 2.45. The van der Waals surface area contributed by atoms with Crippen LogP contribution in [0.3, 0.4) is 0 Å². The number of hydrogen-bond donors (Lipinski definition) is 1. The standard InChI is InChI=1S/C29H21F2N3O4S2/c1-15-12-18-13-17(8-11-22(18)38-15)25(35)23-24(20-4-2-3-5-21(20)31)34(27(37)26(23)36)28-32-33-29(40-28)39-14-16-6-9-19(30)10-7-16/h2-11,13,15,24,35H,12,14H2,1H3/b25-23+/t15-,24+/m0/s1. The third kappa shape index (κ3) is 4.75. The van der Waals surface area contributed by atoms with Crippen LogP contribution in [-0.2, 0) is 21.8 Å². The number of aliphatic hydroxyl groups excluding tert-OH is 1. The minimum Gasteiger partial charge on any atom is -0.507 e. The number of aliphatic hydroxyl groups is 1. The van der Waals surface area contributed by atoms with Gasteiger partial charge in [-0.05, 0) is 54.4 Å². The van der Waals surface area contributed by atoms with Crippen molar-refractivity contribution < 1.29 is 28.2 Å². The zero-order valence-electron chi connectivity index (χ0n) is 21.0. The SMILES string of the molecule is C[C@H]1Cc2cc(/C(O)=C3\C(=O)C(=O)N(c4nnc(SCc5ccc(F)cc5)s4)[C@@H]3c3ccccc3F)ccc2O1. The van der Waals surface area contributed by atoms with Gasteiger partial charge in [0.15, 0.2) is 4.34 Å². The number of thioether (sulfide) groups is 1. The van der Waals surface area contributed by atoms with Crippen molar-refractivity contribution in [3.05, 3.63) is 106 Å². The Morgan fingerprint density at radius 2 is 1.88 bits per heavy atom. The van der Waals surface area contributed by atoms with Gasteiger partial charge < -0.3 is 9.84 Å². The van der Waals surface area contributed by atoms with Gasteiger partial charge in [0.05, 0.1) is 5.57 Å². The van der Waals surface area contributed by atoms with Crippen LogP contribution in [0.1, 0.15) is 35.2 Å². The number of anilines is 1. The summed E-state index contributed by atoms with van der Waals surface area (Å²) in [6.45, 7) is 1.93. The Morgan fingerprint density at radius 1 is 1.10 bits per heavy atom. The summed E-state index contributed by atoms with van der Waals surface area (Å²) in [5, 5.41) is 19.7. The van der Waals surface area contributed by atoms with Crippen molar-refractivity contribution >= 4 is 45.7 Å². The summed E-state index contributed by atoms with van der Waals surface area (Å²) in [6.07, 6.45) is 0.605. The fraction of sp³-hybridized carbons (Fsp3) is 0.172. The largest absolute Gasteiger partial charge is 0.507 e. The molecule has 3 aromatic carbocycles. The number of benzene rings is 3. The molecule has 3 heterocycles. The molecule has 1 aromatic heterocycles. The van der Waals surface area contributed by atoms with Gasteiger partial charge in [0, 0.05) is 23.3 Å². The lowest BCUT2D eigenvalue weighted by atomic mass is 9.94. The van der Waals surface area contributed by atoms with Gasteiger partial charge >= 0.3 is 5.91 Å². The lowest BCUT2D eigenvalue weighted by Crippen LogP contribution is -2.29. The summed E-state index contributed by atoms with van der Waals surface area (Å²) in [5.74, 6) is -2.12. The molecule has 0 saturated carbocycles. The molecule has 7 nitrogen and oxygen atoms in total. The van der Waals surface area contributed by atoms with Gasteiger partial charge in [0.25, 0.3) is 5.78 Å². The first kappa shape index (κ1) is 26.1. The van der Waals surface area contributed by atoms with E-state index in [1.165, 1.54) is 42.1 Å². The van der Waals surface area contributed by atoms with E-state index in [0.717, 1.165) is 27.4 Å². The number of amides is 1. The van der Waals surface area contributed by atoms with Crippen molar-refractivity contribution in [1.29, 1.82) is 0 Å². The maximum atomic E-state index is 15.2. The maximum Gasteiger partial charge on any atom is 0.301 e. The molecule has 0 radical (unpaired) electrons. The average Bonchev–Trinajstić information content (AvgIpc) is 3.63. The number of rotatable bonds is 6. The van der Waals surface area contributed by atoms with E-state index < -0.39 is 29.3 Å². The molecule has 0 spiro atoms. The summed E-state index contributed by atoms with van der Waals surface area (Å²) < 4.78 is 34.6. The molecule has 0 aliphatic carbocycles. The number of Topliss-reactive ketones (excluding diaryl/α,β-unsaturated/α-hetero) is 1. The minimum absolute atomic E-state index is 0.0242. The summed E-state index contributed by atoms with van der Waals surface area (Å²) in [6, 6.07) is 15.6. The number of carbonyl (C=O) groups is 2. The molecular weight excluding hydrogens is 556 g/mol. The van der Waals surface area contributed by atoms with Crippen LogP contribution in [0.25, 0.3) is 5.76 Å². The number of nitrogens with zero attached hydrogens (tertiary/aromatic N) is 3. The zero-order chi connectivity index (χ0) is 28.0. The Labute approximate surface area is 236 Å². The topological polar surface area (TPSA) is 92.6 Å². The third-order valence-corrected chi connectivity index (χ3v) is 8.82. The van der Waals surface area contributed by atoms with Crippen molar-refractivity contribution in [2.75, 3.05) is 4.90 Å². The van der Waals surface area contributed by atoms with Gasteiger partial charge in [-0.1, -0.05) is 53.4 Å². The second-order valence-electron chi connectivity index (χ2n) is 9.41. The molecule has 0 unspecified atom stereocenters. The number of halogens is 2. The second-order valence-corrected chi connectivity index (χ2v) is 11.6. The number of carbonyl (C=O) groups excluding carboxylic acids is 2. The molecule has 2 aliphatic rings. The van der Waals surface area contributed by atoms with Crippen LogP contribution in [0.4, 0.5) is 13.9 Å². The monoisotopic (exact) mass is 577 g/mol. The van der Waals surface area contributed by atoms with E-state index >= 15 is 4.39 Å². The van der Waals surface area contributed by atoms with Gasteiger partial charge in [-0.3, -0.25) is 14.5 Å². The molecule has 6 rings (SSSR count). The summed E-state index contributed by atoms with van der Waals surface area (Å²) in [5.41, 5.74) is 1.85. The molecule has 202 valence electrons. The van der Waals surface area contributed by atoms with E-state index in [0.29, 0.717) is 27.8 Å². The highest BCUT2D eigenvalue weighted by Gasteiger charge is 2.49. The minimum atomic E-state index is -1.26. The van der Waals surface area contributed by atoms with Crippen molar-refractivity contribution in [2.45, 2.75) is 35.6 Å². The highest BCUT2D eigenvalue weighted by atomic mass is 32.2. The Balaban J connectivity index is 1.39. The number of aromatic nitrogens is 2. The van der Waals surface area contributed by atoms with E-state index in [9.17, 15) is 19.1 Å². The molecule has 2 aliphatic heterocycles. The van der Waals surface area contributed by atoms with Gasteiger partial charge in [0.1, 0.15) is 35.3 Å². The summed E-state index contributed by atoms with van der Waals surface area (Å²) in [4.78, 5) is 27.9. The first-order valence-electron chi connectivity index (χ1n) is 12.4. The van der Waals surface area contributed by atoms with E-state index in [1.807, 2.05) is 6.92 Å². The first-order chi connectivity index (χ1) is 19.3. The van der Waals surface area contributed by atoms with E-state index in [-0.39, 0.29) is 28.2 Å². The van der Waals surface area contributed by atoms with Crippen molar-refractivity contribution in [3.63, 3.8) is 0 Å². The predicted molar refractivity (Wildman–Crippen MR) is 147 cm³/mol. The van der Waals surface area contributed by atoms with Crippen LogP contribution < -0.4 is 9.64 Å². The summed E-state index contributed by atoms with van der Waals surface area (Å²) >= 11 is 2.39. The van der Waals surface area contributed by atoms with Crippen molar-refractivity contribution in [2.24, 2.45) is 0 Å². The van der Waals surface area contributed by atoms with Crippen LogP contribution in [-0.4, -0.2) is 33.1 Å². The molecule has 11 heteroatoms. The molecule has 2 atom stereocenters. The molecule has 1 N–H and O–H groups in total. The van der Waals surface area contributed by atoms with Crippen LogP contribution in [0, 0.1) is 11.6 Å². The van der Waals surface area contributed by atoms with Gasteiger partial charge in [0.2, 0.25) is 5.13 Å². The lowest BCUT2D eigenvalue weighted by Gasteiger charge is -2.22. The first-order valence-corrected chi connectivity index (χ1v) is 14.2. The molecular formula is C29H21F2N3O4S2. The molecule has 40 heavy (non-hydrogen) atoms. The quantitative estimate of drug-likeness (QED) is 0.0980. The molecule has 4 aromatic rings. The normalized spacial score (nSPS) is 19.6. The van der Waals surface area contributed by atoms with Gasteiger partial charge in [-0.2, -0.15) is 0 Å². The fourth-order valence-electron chi connectivity index (χ4n) is 4.83. The van der Waals surface area contributed by atoms with Crippen LogP contribution in [0.5, 0.6) is 5.75 Å². The Hall–Kier alpha value is -4.09. The zero-order valence-corrected chi connectivity index (χ0v) is 22.6.